The van der Waals surface area contributed by atoms with Gasteiger partial charge in [0.05, 0.1) is 9.40 Å². The molecular formula is C13H8Br3NO3. The lowest BCUT2D eigenvalue weighted by Crippen LogP contribution is -1.93. The third-order valence-electron chi connectivity index (χ3n) is 2.51. The van der Waals surface area contributed by atoms with E-state index in [4.69, 9.17) is 4.74 Å². The van der Waals surface area contributed by atoms with E-state index in [9.17, 15) is 10.1 Å². The average Bonchev–Trinajstić information content (AvgIpc) is 2.42. The Morgan fingerprint density at radius 1 is 1.15 bits per heavy atom. The molecule has 20 heavy (non-hydrogen) atoms. The second kappa shape index (κ2) is 6.69. The standard InChI is InChI=1S/C13H8Br3NO3/c14-7-8-4-5-11(9(15)6-8)20-12-3-1-2-10(13(12)16)17(18)19/h1-6H,7H2. The number of hydrogen-bond acceptors (Lipinski definition) is 3. The largest absolute Gasteiger partial charge is 0.455 e. The number of ether oxygens (including phenoxy) is 1. The van der Waals surface area contributed by atoms with Crippen molar-refractivity contribution in [3.63, 3.8) is 0 Å². The third kappa shape index (κ3) is 3.39. The number of benzene rings is 2. The van der Waals surface area contributed by atoms with Gasteiger partial charge in [0.15, 0.2) is 0 Å². The molecule has 0 aliphatic rings. The van der Waals surface area contributed by atoms with Crippen LogP contribution in [0.15, 0.2) is 45.3 Å². The molecule has 0 fully saturated rings. The van der Waals surface area contributed by atoms with Gasteiger partial charge in [0, 0.05) is 11.4 Å². The Bertz CT molecular complexity index is 661. The van der Waals surface area contributed by atoms with E-state index in [-0.39, 0.29) is 5.69 Å². The Labute approximate surface area is 140 Å². The molecule has 7 heteroatoms. The van der Waals surface area contributed by atoms with Crippen LogP contribution in [-0.2, 0) is 5.33 Å². The van der Waals surface area contributed by atoms with Crippen LogP contribution in [0.4, 0.5) is 5.69 Å². The number of hydrogen-bond donors (Lipinski definition) is 0. The van der Waals surface area contributed by atoms with Gasteiger partial charge in [-0.1, -0.05) is 28.1 Å². The molecule has 0 atom stereocenters. The van der Waals surface area contributed by atoms with Crippen LogP contribution in [0.1, 0.15) is 5.56 Å². The van der Waals surface area contributed by atoms with Crippen molar-refractivity contribution in [1.29, 1.82) is 0 Å². The van der Waals surface area contributed by atoms with Gasteiger partial charge in [-0.15, -0.1) is 0 Å². The number of nitrogens with zero attached hydrogens (tertiary/aromatic N) is 1. The van der Waals surface area contributed by atoms with Crippen molar-refractivity contribution in [2.45, 2.75) is 5.33 Å². The van der Waals surface area contributed by atoms with E-state index < -0.39 is 4.92 Å². The fourth-order valence-electron chi connectivity index (χ4n) is 1.55. The molecule has 0 heterocycles. The van der Waals surface area contributed by atoms with Crippen molar-refractivity contribution in [3.05, 3.63) is 61.0 Å². The summed E-state index contributed by atoms with van der Waals surface area (Å²) in [4.78, 5) is 10.4. The summed E-state index contributed by atoms with van der Waals surface area (Å²) in [5, 5.41) is 11.6. The first-order chi connectivity index (χ1) is 9.52. The summed E-state index contributed by atoms with van der Waals surface area (Å²) in [5.74, 6) is 0.988. The van der Waals surface area contributed by atoms with Gasteiger partial charge in [-0.3, -0.25) is 10.1 Å². The molecule has 0 aliphatic heterocycles. The van der Waals surface area contributed by atoms with Crippen molar-refractivity contribution in [2.75, 3.05) is 0 Å². The molecule has 0 aromatic heterocycles. The van der Waals surface area contributed by atoms with Crippen molar-refractivity contribution >= 4 is 53.5 Å². The molecule has 4 nitrogen and oxygen atoms in total. The first kappa shape index (κ1) is 15.5. The van der Waals surface area contributed by atoms with Crippen LogP contribution in [0.2, 0.25) is 0 Å². The summed E-state index contributed by atoms with van der Waals surface area (Å²) >= 11 is 10.0. The SMILES string of the molecule is O=[N+]([O-])c1cccc(Oc2ccc(CBr)cc2Br)c1Br. The van der Waals surface area contributed by atoms with Crippen LogP contribution in [0.5, 0.6) is 11.5 Å². The van der Waals surface area contributed by atoms with E-state index >= 15 is 0 Å². The second-order valence-electron chi connectivity index (χ2n) is 3.85. The zero-order chi connectivity index (χ0) is 14.7. The van der Waals surface area contributed by atoms with Gasteiger partial charge in [0.2, 0.25) is 0 Å². The van der Waals surface area contributed by atoms with Crippen LogP contribution in [-0.4, -0.2) is 4.92 Å². The van der Waals surface area contributed by atoms with E-state index in [1.807, 2.05) is 18.2 Å². The maximum atomic E-state index is 10.9. The fraction of sp³-hybridized carbons (Fsp3) is 0.0769. The molecule has 0 aliphatic carbocycles. The highest BCUT2D eigenvalue weighted by Gasteiger charge is 2.17. The lowest BCUT2D eigenvalue weighted by Gasteiger charge is -2.10. The minimum absolute atomic E-state index is 0.0318. The second-order valence-corrected chi connectivity index (χ2v) is 6.05. The first-order valence-corrected chi connectivity index (χ1v) is 8.19. The molecule has 0 bridgehead atoms. The average molecular weight is 466 g/mol. The fourth-order valence-corrected chi connectivity index (χ4v) is 2.89. The third-order valence-corrected chi connectivity index (χ3v) is 4.57. The zero-order valence-electron chi connectivity index (χ0n) is 9.98. The highest BCUT2D eigenvalue weighted by Crippen LogP contribution is 2.38. The Hall–Kier alpha value is -0.920. The summed E-state index contributed by atoms with van der Waals surface area (Å²) in [5.41, 5.74) is 1.07. The van der Waals surface area contributed by atoms with Crippen LogP contribution in [0.3, 0.4) is 0 Å². The smallest absolute Gasteiger partial charge is 0.287 e. The van der Waals surface area contributed by atoms with Gasteiger partial charge in [0.25, 0.3) is 5.69 Å². The Balaban J connectivity index is 2.35. The topological polar surface area (TPSA) is 52.4 Å². The monoisotopic (exact) mass is 463 g/mol. The molecule has 2 aromatic carbocycles. The lowest BCUT2D eigenvalue weighted by atomic mass is 10.2. The maximum absolute atomic E-state index is 10.9. The van der Waals surface area contributed by atoms with Crippen LogP contribution in [0, 0.1) is 10.1 Å². The number of nitro groups is 1. The van der Waals surface area contributed by atoms with Crippen molar-refractivity contribution in [1.82, 2.24) is 0 Å². The van der Waals surface area contributed by atoms with Gasteiger partial charge in [-0.25, -0.2) is 0 Å². The summed E-state index contributed by atoms with van der Waals surface area (Å²) in [7, 11) is 0. The quantitative estimate of drug-likeness (QED) is 0.325. The predicted molar refractivity (Wildman–Crippen MR) is 87.6 cm³/mol. The summed E-state index contributed by atoms with van der Waals surface area (Å²) in [6.07, 6.45) is 0. The zero-order valence-corrected chi connectivity index (χ0v) is 14.7. The highest BCUT2D eigenvalue weighted by molar-refractivity contribution is 9.11. The Kier molecular flexibility index (Phi) is 5.17. The molecule has 0 spiro atoms. The van der Waals surface area contributed by atoms with Crippen LogP contribution in [0.25, 0.3) is 0 Å². The molecule has 0 saturated heterocycles. The van der Waals surface area contributed by atoms with Crippen molar-refractivity contribution in [3.8, 4) is 11.5 Å². The molecule has 2 aromatic rings. The number of rotatable bonds is 4. The molecule has 0 saturated carbocycles. The van der Waals surface area contributed by atoms with Gasteiger partial charge >= 0.3 is 0 Å². The van der Waals surface area contributed by atoms with Crippen LogP contribution >= 0.6 is 47.8 Å². The van der Waals surface area contributed by atoms with Crippen molar-refractivity contribution < 1.29 is 9.66 Å². The molecule has 0 radical (unpaired) electrons. The number of alkyl halides is 1. The molecular weight excluding hydrogens is 458 g/mol. The van der Waals surface area contributed by atoms with Gasteiger partial charge in [-0.05, 0) is 55.6 Å². The molecule has 0 N–H and O–H groups in total. The molecule has 0 unspecified atom stereocenters. The normalized spacial score (nSPS) is 10.3. The summed E-state index contributed by atoms with van der Waals surface area (Å²) in [6.45, 7) is 0. The Morgan fingerprint density at radius 2 is 1.90 bits per heavy atom. The van der Waals surface area contributed by atoms with Crippen molar-refractivity contribution in [2.24, 2.45) is 0 Å². The van der Waals surface area contributed by atoms with E-state index in [0.29, 0.717) is 16.0 Å². The number of halogens is 3. The summed E-state index contributed by atoms with van der Waals surface area (Å²) in [6, 6.07) is 10.3. The highest BCUT2D eigenvalue weighted by atomic mass is 79.9. The Morgan fingerprint density at radius 3 is 2.50 bits per heavy atom. The number of nitro benzene ring substituents is 1. The van der Waals surface area contributed by atoms with Crippen LogP contribution < -0.4 is 4.74 Å². The van der Waals surface area contributed by atoms with E-state index in [2.05, 4.69) is 47.8 Å². The minimum atomic E-state index is -0.458. The van der Waals surface area contributed by atoms with Gasteiger partial charge in [-0.2, -0.15) is 0 Å². The minimum Gasteiger partial charge on any atom is -0.455 e. The molecule has 0 amide bonds. The summed E-state index contributed by atoms with van der Waals surface area (Å²) < 4.78 is 6.82. The van der Waals surface area contributed by atoms with E-state index in [1.54, 1.807) is 12.1 Å². The maximum Gasteiger partial charge on any atom is 0.287 e. The molecule has 2 rings (SSSR count). The van der Waals surface area contributed by atoms with E-state index in [1.165, 1.54) is 6.07 Å². The lowest BCUT2D eigenvalue weighted by molar-refractivity contribution is -0.385. The first-order valence-electron chi connectivity index (χ1n) is 5.48. The van der Waals surface area contributed by atoms with E-state index in [0.717, 1.165) is 15.4 Å². The van der Waals surface area contributed by atoms with Gasteiger partial charge in [0.1, 0.15) is 16.0 Å². The van der Waals surface area contributed by atoms with Gasteiger partial charge < -0.3 is 4.74 Å². The molecule has 104 valence electrons. The predicted octanol–water partition coefficient (Wildman–Crippen LogP) is 5.81.